The van der Waals surface area contributed by atoms with E-state index in [1.54, 1.807) is 49.0 Å². The Bertz CT molecular complexity index is 1190. The van der Waals surface area contributed by atoms with Crippen molar-refractivity contribution in [2.75, 3.05) is 7.05 Å². The molecule has 0 fully saturated rings. The summed E-state index contributed by atoms with van der Waals surface area (Å²) in [5.41, 5.74) is 3.49. The minimum atomic E-state index is -1.01. The van der Waals surface area contributed by atoms with E-state index in [0.29, 0.717) is 16.9 Å². The van der Waals surface area contributed by atoms with Gasteiger partial charge in [-0.2, -0.15) is 5.10 Å². The van der Waals surface area contributed by atoms with Crippen LogP contribution >= 0.6 is 0 Å². The number of likely N-dealkylation sites (N-methyl/N-ethyl adjacent to an activating group) is 1. The molecule has 1 unspecified atom stereocenters. The number of carbonyl (C=O) groups excluding carboxylic acids is 2. The van der Waals surface area contributed by atoms with Crippen LogP contribution in [0, 0.1) is 25.5 Å². The lowest BCUT2D eigenvalue weighted by Gasteiger charge is -2.21. The molecule has 0 aliphatic heterocycles. The first kappa shape index (κ1) is 23.8. The number of aryl methyl sites for hydroxylation is 1. The van der Waals surface area contributed by atoms with E-state index in [9.17, 15) is 18.4 Å². The second-order valence-corrected chi connectivity index (χ2v) is 7.71. The molecule has 0 aliphatic rings. The minimum absolute atomic E-state index is 0.190. The molecule has 8 heteroatoms. The maximum absolute atomic E-state index is 13.3. The Balaban J connectivity index is 1.63. The van der Waals surface area contributed by atoms with Crippen LogP contribution in [0.3, 0.4) is 0 Å². The maximum atomic E-state index is 13.3. The molecule has 6 nitrogen and oxygen atoms in total. The molecule has 33 heavy (non-hydrogen) atoms. The largest absolute Gasteiger partial charge is 0.449 e. The van der Waals surface area contributed by atoms with Crippen LogP contribution < -0.4 is 0 Å². The smallest absolute Gasteiger partial charge is 0.331 e. The molecule has 3 rings (SSSR count). The summed E-state index contributed by atoms with van der Waals surface area (Å²) in [6.45, 7) is 5.31. The third-order valence-electron chi connectivity index (χ3n) is 5.13. The van der Waals surface area contributed by atoms with E-state index in [1.807, 2.05) is 6.92 Å². The number of halogens is 2. The summed E-state index contributed by atoms with van der Waals surface area (Å²) in [4.78, 5) is 26.2. The number of ether oxygens (including phenoxy) is 1. The highest BCUT2D eigenvalue weighted by molar-refractivity contribution is 5.90. The molecule has 1 amide bonds. The van der Waals surface area contributed by atoms with Crippen molar-refractivity contribution in [3.8, 4) is 5.69 Å². The van der Waals surface area contributed by atoms with E-state index in [-0.39, 0.29) is 18.2 Å². The van der Waals surface area contributed by atoms with Gasteiger partial charge in [0.15, 0.2) is 6.10 Å². The van der Waals surface area contributed by atoms with E-state index in [2.05, 4.69) is 5.10 Å². The number of esters is 1. The molecule has 1 atom stereocenters. The predicted octanol–water partition coefficient (Wildman–Crippen LogP) is 4.37. The van der Waals surface area contributed by atoms with E-state index in [1.165, 1.54) is 42.2 Å². The monoisotopic (exact) mass is 453 g/mol. The first-order chi connectivity index (χ1) is 15.7. The van der Waals surface area contributed by atoms with Crippen LogP contribution in [-0.2, 0) is 20.9 Å². The van der Waals surface area contributed by atoms with Crippen LogP contribution in [0.25, 0.3) is 11.8 Å². The number of benzene rings is 2. The normalized spacial score (nSPS) is 12.1. The van der Waals surface area contributed by atoms with Crippen molar-refractivity contribution in [3.05, 3.63) is 88.8 Å². The number of hydrogen-bond acceptors (Lipinski definition) is 4. The Hall–Kier alpha value is -3.81. The van der Waals surface area contributed by atoms with Crippen molar-refractivity contribution in [2.24, 2.45) is 0 Å². The second kappa shape index (κ2) is 10.2. The summed E-state index contributed by atoms with van der Waals surface area (Å²) in [5.74, 6) is -1.81. The van der Waals surface area contributed by atoms with Crippen molar-refractivity contribution in [1.82, 2.24) is 14.7 Å². The van der Waals surface area contributed by atoms with Gasteiger partial charge in [-0.25, -0.2) is 18.3 Å². The molecule has 0 aliphatic carbocycles. The van der Waals surface area contributed by atoms with Gasteiger partial charge in [0, 0.05) is 30.9 Å². The average Bonchev–Trinajstić information content (AvgIpc) is 3.05. The first-order valence-electron chi connectivity index (χ1n) is 10.4. The Labute approximate surface area is 191 Å². The van der Waals surface area contributed by atoms with Gasteiger partial charge in [0.1, 0.15) is 11.6 Å². The highest BCUT2D eigenvalue weighted by Gasteiger charge is 2.21. The van der Waals surface area contributed by atoms with Gasteiger partial charge in [0.25, 0.3) is 5.91 Å². The summed E-state index contributed by atoms with van der Waals surface area (Å²) >= 11 is 0. The minimum Gasteiger partial charge on any atom is -0.449 e. The molecule has 0 radical (unpaired) electrons. The van der Waals surface area contributed by atoms with E-state index in [0.717, 1.165) is 11.3 Å². The van der Waals surface area contributed by atoms with Gasteiger partial charge in [-0.05, 0) is 68.8 Å². The second-order valence-electron chi connectivity index (χ2n) is 7.71. The summed E-state index contributed by atoms with van der Waals surface area (Å²) in [5, 5.41) is 4.45. The highest BCUT2D eigenvalue weighted by atomic mass is 19.1. The zero-order valence-corrected chi connectivity index (χ0v) is 18.9. The van der Waals surface area contributed by atoms with E-state index in [4.69, 9.17) is 4.74 Å². The van der Waals surface area contributed by atoms with E-state index < -0.39 is 18.0 Å². The SMILES string of the molecule is Cc1nn(-c2ccc(F)cc2)c(C)c1/C=C/C(=O)OC(C)C(=O)N(C)Cc1cccc(F)c1. The zero-order valence-electron chi connectivity index (χ0n) is 18.9. The van der Waals surface area contributed by atoms with Crippen LogP contribution in [0.5, 0.6) is 0 Å². The fourth-order valence-electron chi connectivity index (χ4n) is 3.44. The lowest BCUT2D eigenvalue weighted by Crippen LogP contribution is -2.36. The molecule has 0 spiro atoms. The van der Waals surface area contributed by atoms with Crippen LogP contribution in [-0.4, -0.2) is 39.7 Å². The van der Waals surface area contributed by atoms with Gasteiger partial charge >= 0.3 is 5.97 Å². The van der Waals surface area contributed by atoms with Crippen LogP contribution in [0.15, 0.2) is 54.6 Å². The van der Waals surface area contributed by atoms with Crippen molar-refractivity contribution >= 4 is 18.0 Å². The average molecular weight is 453 g/mol. The van der Waals surface area contributed by atoms with Gasteiger partial charge in [-0.15, -0.1) is 0 Å². The fraction of sp³-hybridized carbons (Fsp3) is 0.240. The topological polar surface area (TPSA) is 64.4 Å². The summed E-state index contributed by atoms with van der Waals surface area (Å²) in [6, 6.07) is 11.9. The zero-order chi connectivity index (χ0) is 24.1. The van der Waals surface area contributed by atoms with Gasteiger partial charge in [0.05, 0.1) is 11.4 Å². The number of aromatic nitrogens is 2. The lowest BCUT2D eigenvalue weighted by atomic mass is 10.2. The molecule has 1 aromatic heterocycles. The fourth-order valence-corrected chi connectivity index (χ4v) is 3.44. The molecule has 0 N–H and O–H groups in total. The quantitative estimate of drug-likeness (QED) is 0.394. The van der Waals surface area contributed by atoms with Crippen LogP contribution in [0.2, 0.25) is 0 Å². The summed E-state index contributed by atoms with van der Waals surface area (Å²) < 4.78 is 33.4. The number of nitrogens with zero attached hydrogens (tertiary/aromatic N) is 3. The van der Waals surface area contributed by atoms with Crippen LogP contribution in [0.1, 0.15) is 29.4 Å². The third kappa shape index (κ3) is 5.91. The van der Waals surface area contributed by atoms with E-state index >= 15 is 0 Å². The summed E-state index contributed by atoms with van der Waals surface area (Å²) in [6.07, 6.45) is 1.81. The molecule has 172 valence electrons. The number of amides is 1. The Morgan fingerprint density at radius 1 is 1.12 bits per heavy atom. The molecule has 2 aromatic carbocycles. The van der Waals surface area contributed by atoms with Crippen molar-refractivity contribution < 1.29 is 23.1 Å². The summed E-state index contributed by atoms with van der Waals surface area (Å²) in [7, 11) is 1.56. The van der Waals surface area contributed by atoms with Gasteiger partial charge in [-0.3, -0.25) is 4.79 Å². The lowest BCUT2D eigenvalue weighted by molar-refractivity contribution is -0.154. The molecule has 3 aromatic rings. The molecule has 0 bridgehead atoms. The standard InChI is InChI=1S/C25H25F2N3O3/c1-16-23(17(2)30(28-16)22-10-8-20(26)9-11-22)12-13-24(31)33-18(3)25(32)29(4)15-19-6-5-7-21(27)14-19/h5-14,18H,15H2,1-4H3/b13-12+. The molecule has 0 saturated carbocycles. The number of hydrogen-bond donors (Lipinski definition) is 0. The van der Waals surface area contributed by atoms with Crippen LogP contribution in [0.4, 0.5) is 8.78 Å². The maximum Gasteiger partial charge on any atom is 0.331 e. The van der Waals surface area contributed by atoms with Crippen molar-refractivity contribution in [3.63, 3.8) is 0 Å². The molecular formula is C25H25F2N3O3. The molecular weight excluding hydrogens is 428 g/mol. The predicted molar refractivity (Wildman–Crippen MR) is 120 cm³/mol. The van der Waals surface area contributed by atoms with Gasteiger partial charge in [0.2, 0.25) is 0 Å². The van der Waals surface area contributed by atoms with Gasteiger partial charge < -0.3 is 9.64 Å². The highest BCUT2D eigenvalue weighted by Crippen LogP contribution is 2.19. The first-order valence-corrected chi connectivity index (χ1v) is 10.4. The Kier molecular flexibility index (Phi) is 7.37. The Morgan fingerprint density at radius 3 is 2.48 bits per heavy atom. The third-order valence-corrected chi connectivity index (χ3v) is 5.13. The molecule has 0 saturated heterocycles. The van der Waals surface area contributed by atoms with Crippen molar-refractivity contribution in [1.29, 1.82) is 0 Å². The number of rotatable bonds is 7. The Morgan fingerprint density at radius 2 is 1.82 bits per heavy atom. The van der Waals surface area contributed by atoms with Crippen molar-refractivity contribution in [2.45, 2.75) is 33.4 Å². The molecule has 1 heterocycles. The van der Waals surface area contributed by atoms with Gasteiger partial charge in [-0.1, -0.05) is 12.1 Å². The number of carbonyl (C=O) groups is 2.